The van der Waals surface area contributed by atoms with Gasteiger partial charge in [0.25, 0.3) is 0 Å². The molecule has 6 heteroatoms. The van der Waals surface area contributed by atoms with Gasteiger partial charge in [0.15, 0.2) is 5.11 Å². The van der Waals surface area contributed by atoms with E-state index in [1.807, 2.05) is 54.7 Å². The highest BCUT2D eigenvalue weighted by atomic mass is 32.1. The lowest BCUT2D eigenvalue weighted by Gasteiger charge is -2.07. The molecule has 23 heavy (non-hydrogen) atoms. The minimum Gasteiger partial charge on any atom is -0.497 e. The largest absolute Gasteiger partial charge is 0.497 e. The van der Waals surface area contributed by atoms with Gasteiger partial charge in [0.05, 0.1) is 13.3 Å². The summed E-state index contributed by atoms with van der Waals surface area (Å²) in [4.78, 5) is 3.20. The molecule has 0 atom stereocenters. The number of H-pyrrole nitrogens is 1. The number of thiocarbonyl (C=S) groups is 1. The molecule has 0 amide bonds. The minimum absolute atomic E-state index is 0.422. The van der Waals surface area contributed by atoms with Crippen LogP contribution in [-0.2, 0) is 0 Å². The zero-order valence-corrected chi connectivity index (χ0v) is 13.4. The van der Waals surface area contributed by atoms with Gasteiger partial charge in [0.2, 0.25) is 0 Å². The van der Waals surface area contributed by atoms with E-state index in [1.54, 1.807) is 13.3 Å². The maximum absolute atomic E-state index is 5.21. The number of fused-ring (bicyclic) bond motifs is 1. The predicted octanol–water partition coefficient (Wildman–Crippen LogP) is 3.50. The van der Waals surface area contributed by atoms with Crippen molar-refractivity contribution < 1.29 is 4.74 Å². The summed E-state index contributed by atoms with van der Waals surface area (Å²) >= 11 is 5.21. The first-order valence-electron chi connectivity index (χ1n) is 7.06. The molecule has 0 unspecified atom stereocenters. The van der Waals surface area contributed by atoms with Crippen LogP contribution in [0.4, 0.5) is 5.69 Å². The second-order valence-electron chi connectivity index (χ2n) is 4.84. The molecule has 0 fully saturated rings. The van der Waals surface area contributed by atoms with Crippen molar-refractivity contribution in [2.45, 2.75) is 0 Å². The fraction of sp³-hybridized carbons (Fsp3) is 0.0588. The Kier molecular flexibility index (Phi) is 4.54. The van der Waals surface area contributed by atoms with Gasteiger partial charge < -0.3 is 15.0 Å². The van der Waals surface area contributed by atoms with E-state index >= 15 is 0 Å². The van der Waals surface area contributed by atoms with Crippen molar-refractivity contribution in [3.63, 3.8) is 0 Å². The number of aromatic amines is 1. The van der Waals surface area contributed by atoms with Crippen LogP contribution in [0.2, 0.25) is 0 Å². The summed E-state index contributed by atoms with van der Waals surface area (Å²) in [5, 5.41) is 8.76. The lowest BCUT2D eigenvalue weighted by Crippen LogP contribution is -2.23. The number of ether oxygens (including phenoxy) is 1. The van der Waals surface area contributed by atoms with E-state index < -0.39 is 0 Å². The molecule has 0 radical (unpaired) electrons. The molecule has 3 aromatic rings. The number of nitrogens with zero attached hydrogens (tertiary/aromatic N) is 1. The minimum atomic E-state index is 0.422. The number of rotatable bonds is 4. The SMILES string of the molecule is COc1ccc(NC(=S)NN=Cc2c[nH]c3ccccc23)cc1. The van der Waals surface area contributed by atoms with Crippen molar-refractivity contribution in [3.8, 4) is 5.75 Å². The van der Waals surface area contributed by atoms with E-state index in [4.69, 9.17) is 17.0 Å². The number of aromatic nitrogens is 1. The quantitative estimate of drug-likeness (QED) is 0.390. The molecule has 0 aliphatic carbocycles. The molecule has 3 rings (SSSR count). The third kappa shape index (κ3) is 3.67. The Morgan fingerprint density at radius 3 is 2.74 bits per heavy atom. The number of hydrogen-bond acceptors (Lipinski definition) is 3. The highest BCUT2D eigenvalue weighted by molar-refractivity contribution is 7.80. The molecule has 0 saturated carbocycles. The Balaban J connectivity index is 1.59. The zero-order valence-electron chi connectivity index (χ0n) is 12.5. The van der Waals surface area contributed by atoms with Crippen LogP contribution in [0.5, 0.6) is 5.75 Å². The number of para-hydroxylation sites is 1. The first kappa shape index (κ1) is 15.1. The first-order valence-corrected chi connectivity index (χ1v) is 7.47. The third-order valence-electron chi connectivity index (χ3n) is 3.34. The van der Waals surface area contributed by atoms with Crippen LogP contribution in [0.25, 0.3) is 10.9 Å². The fourth-order valence-electron chi connectivity index (χ4n) is 2.19. The number of benzene rings is 2. The summed E-state index contributed by atoms with van der Waals surface area (Å²) in [5.41, 5.74) is 5.75. The number of nitrogens with one attached hydrogen (secondary N) is 3. The summed E-state index contributed by atoms with van der Waals surface area (Å²) in [6.45, 7) is 0. The van der Waals surface area contributed by atoms with Crippen LogP contribution in [0.15, 0.2) is 59.8 Å². The van der Waals surface area contributed by atoms with Crippen LogP contribution in [0, 0.1) is 0 Å². The maximum Gasteiger partial charge on any atom is 0.191 e. The van der Waals surface area contributed by atoms with Crippen LogP contribution >= 0.6 is 12.2 Å². The van der Waals surface area contributed by atoms with E-state index in [0.717, 1.165) is 27.9 Å². The van der Waals surface area contributed by atoms with E-state index in [0.29, 0.717) is 5.11 Å². The molecule has 0 aliphatic heterocycles. The molecule has 1 aromatic heterocycles. The molecule has 5 nitrogen and oxygen atoms in total. The van der Waals surface area contributed by atoms with Crippen LogP contribution in [-0.4, -0.2) is 23.4 Å². The van der Waals surface area contributed by atoms with E-state index in [9.17, 15) is 0 Å². The van der Waals surface area contributed by atoms with Gasteiger partial charge in [0.1, 0.15) is 5.75 Å². The van der Waals surface area contributed by atoms with E-state index in [2.05, 4.69) is 20.8 Å². The average molecular weight is 324 g/mol. The summed E-state index contributed by atoms with van der Waals surface area (Å²) < 4.78 is 5.11. The zero-order chi connectivity index (χ0) is 16.1. The molecule has 2 aromatic carbocycles. The number of methoxy groups -OCH3 is 1. The van der Waals surface area contributed by atoms with E-state index in [-0.39, 0.29) is 0 Å². The van der Waals surface area contributed by atoms with Crippen LogP contribution in [0.3, 0.4) is 0 Å². The van der Waals surface area contributed by atoms with Crippen molar-refractivity contribution >= 4 is 40.1 Å². The van der Waals surface area contributed by atoms with Gasteiger partial charge in [-0.15, -0.1) is 0 Å². The highest BCUT2D eigenvalue weighted by Crippen LogP contribution is 2.16. The lowest BCUT2D eigenvalue weighted by atomic mass is 10.2. The molecule has 0 spiro atoms. The Bertz CT molecular complexity index is 839. The molecule has 1 heterocycles. The second-order valence-corrected chi connectivity index (χ2v) is 5.25. The van der Waals surface area contributed by atoms with Gasteiger partial charge >= 0.3 is 0 Å². The maximum atomic E-state index is 5.21. The van der Waals surface area contributed by atoms with Gasteiger partial charge in [-0.1, -0.05) is 18.2 Å². The first-order chi connectivity index (χ1) is 11.3. The van der Waals surface area contributed by atoms with Gasteiger partial charge in [-0.25, -0.2) is 0 Å². The lowest BCUT2D eigenvalue weighted by molar-refractivity contribution is 0.415. The Morgan fingerprint density at radius 2 is 1.96 bits per heavy atom. The van der Waals surface area contributed by atoms with Crippen molar-refractivity contribution in [2.24, 2.45) is 5.10 Å². The smallest absolute Gasteiger partial charge is 0.191 e. The Labute approximate surface area is 139 Å². The summed E-state index contributed by atoms with van der Waals surface area (Å²) in [6, 6.07) is 15.5. The van der Waals surface area contributed by atoms with Gasteiger partial charge in [-0.2, -0.15) is 5.10 Å². The molecule has 0 bridgehead atoms. The van der Waals surface area contributed by atoms with Crippen LogP contribution in [0.1, 0.15) is 5.56 Å². The number of anilines is 1. The molecular formula is C17H16N4OS. The fourth-order valence-corrected chi connectivity index (χ4v) is 2.37. The van der Waals surface area contributed by atoms with Gasteiger partial charge in [-0.05, 0) is 42.5 Å². The number of hydrazone groups is 1. The number of hydrogen-bond donors (Lipinski definition) is 3. The predicted molar refractivity (Wildman–Crippen MR) is 98.2 cm³/mol. The van der Waals surface area contributed by atoms with Crippen molar-refractivity contribution in [2.75, 3.05) is 12.4 Å². The topological polar surface area (TPSA) is 61.4 Å². The normalized spacial score (nSPS) is 10.8. The summed E-state index contributed by atoms with van der Waals surface area (Å²) in [6.07, 6.45) is 3.65. The van der Waals surface area contributed by atoms with Gasteiger partial charge in [-0.3, -0.25) is 5.43 Å². The van der Waals surface area contributed by atoms with Crippen molar-refractivity contribution in [1.82, 2.24) is 10.4 Å². The summed E-state index contributed by atoms with van der Waals surface area (Å²) in [7, 11) is 1.63. The molecule has 116 valence electrons. The van der Waals surface area contributed by atoms with Gasteiger partial charge in [0, 0.05) is 28.4 Å². The van der Waals surface area contributed by atoms with E-state index in [1.165, 1.54) is 0 Å². The van der Waals surface area contributed by atoms with Crippen molar-refractivity contribution in [3.05, 3.63) is 60.3 Å². The molecular weight excluding hydrogens is 308 g/mol. The monoisotopic (exact) mass is 324 g/mol. The van der Waals surface area contributed by atoms with Crippen LogP contribution < -0.4 is 15.5 Å². The van der Waals surface area contributed by atoms with Crippen molar-refractivity contribution in [1.29, 1.82) is 0 Å². The Hall–Kier alpha value is -2.86. The standard InChI is InChI=1S/C17H16N4OS/c1-22-14-8-6-13(7-9-14)20-17(23)21-19-11-12-10-18-16-5-3-2-4-15(12)16/h2-11,18H,1H3,(H2,20,21,23). The summed E-state index contributed by atoms with van der Waals surface area (Å²) in [5.74, 6) is 0.798. The molecule has 0 saturated heterocycles. The third-order valence-corrected chi connectivity index (χ3v) is 3.53. The Morgan fingerprint density at radius 1 is 1.17 bits per heavy atom. The second kappa shape index (κ2) is 6.93. The average Bonchev–Trinajstić information content (AvgIpc) is 2.99. The molecule has 0 aliphatic rings. The molecule has 3 N–H and O–H groups in total. The highest BCUT2D eigenvalue weighted by Gasteiger charge is 2.00.